The van der Waals surface area contributed by atoms with Crippen molar-refractivity contribution in [1.82, 2.24) is 0 Å². The van der Waals surface area contributed by atoms with Gasteiger partial charge >= 0.3 is 0 Å². The van der Waals surface area contributed by atoms with Gasteiger partial charge in [-0.2, -0.15) is 0 Å². The number of amides is 3. The summed E-state index contributed by atoms with van der Waals surface area (Å²) in [4.78, 5) is 39.2. The van der Waals surface area contributed by atoms with Gasteiger partial charge in [-0.15, -0.1) is 11.8 Å². The Kier molecular flexibility index (Phi) is 6.08. The molecule has 1 heterocycles. The molecule has 3 amide bonds. The summed E-state index contributed by atoms with van der Waals surface area (Å²) in [5, 5.41) is 2.83. The van der Waals surface area contributed by atoms with Gasteiger partial charge in [-0.05, 0) is 42.0 Å². The van der Waals surface area contributed by atoms with Crippen molar-refractivity contribution in [2.75, 3.05) is 17.3 Å². The standard InChI is InChI=1S/C22H22N2O4S/c1-13(2)29-20-19(15-5-7-16(8-6-15)23-14(3)25)21(26)24(22(20)27)17-9-11-18(28-4)12-10-17/h5-13H,1-4H3,(H,23,25). The first-order chi connectivity index (χ1) is 13.8. The Morgan fingerprint density at radius 1 is 1.00 bits per heavy atom. The Labute approximate surface area is 173 Å². The Bertz CT molecular complexity index is 979. The molecule has 0 aliphatic carbocycles. The summed E-state index contributed by atoms with van der Waals surface area (Å²) in [5.41, 5.74) is 2.13. The first-order valence-corrected chi connectivity index (χ1v) is 10.0. The van der Waals surface area contributed by atoms with Crippen molar-refractivity contribution in [2.45, 2.75) is 26.0 Å². The number of hydrogen-bond acceptors (Lipinski definition) is 5. The quantitative estimate of drug-likeness (QED) is 0.727. The second-order valence-electron chi connectivity index (χ2n) is 6.77. The fourth-order valence-electron chi connectivity index (χ4n) is 3.00. The Morgan fingerprint density at radius 2 is 1.62 bits per heavy atom. The first kappa shape index (κ1) is 20.7. The number of methoxy groups -OCH3 is 1. The van der Waals surface area contributed by atoms with Crippen LogP contribution in [0.4, 0.5) is 11.4 Å². The molecule has 1 aliphatic heterocycles. The number of carbonyl (C=O) groups excluding carboxylic acids is 3. The van der Waals surface area contributed by atoms with Crippen molar-refractivity contribution in [2.24, 2.45) is 0 Å². The molecule has 0 unspecified atom stereocenters. The van der Waals surface area contributed by atoms with E-state index in [1.807, 2.05) is 13.8 Å². The van der Waals surface area contributed by atoms with Crippen LogP contribution in [0.2, 0.25) is 0 Å². The second kappa shape index (κ2) is 8.53. The summed E-state index contributed by atoms with van der Waals surface area (Å²) < 4.78 is 5.16. The van der Waals surface area contributed by atoms with Crippen molar-refractivity contribution >= 4 is 46.4 Å². The molecule has 1 N–H and O–H groups in total. The van der Waals surface area contributed by atoms with Gasteiger partial charge in [0, 0.05) is 17.9 Å². The van der Waals surface area contributed by atoms with Crippen LogP contribution in [0.1, 0.15) is 26.3 Å². The minimum Gasteiger partial charge on any atom is -0.497 e. The highest BCUT2D eigenvalue weighted by molar-refractivity contribution is 8.04. The minimum atomic E-state index is -0.365. The van der Waals surface area contributed by atoms with E-state index in [1.165, 1.54) is 23.6 Å². The maximum absolute atomic E-state index is 13.3. The Morgan fingerprint density at radius 3 is 2.14 bits per heavy atom. The highest BCUT2D eigenvalue weighted by atomic mass is 32.2. The number of nitrogens with one attached hydrogen (secondary N) is 1. The van der Waals surface area contributed by atoms with Crippen molar-refractivity contribution in [3.63, 3.8) is 0 Å². The number of anilines is 2. The third-order valence-corrected chi connectivity index (χ3v) is 5.31. The predicted octanol–water partition coefficient (Wildman–Crippen LogP) is 4.08. The van der Waals surface area contributed by atoms with Gasteiger partial charge in [0.25, 0.3) is 11.8 Å². The van der Waals surface area contributed by atoms with Crippen LogP contribution in [0.25, 0.3) is 5.57 Å². The lowest BCUT2D eigenvalue weighted by molar-refractivity contribution is -0.120. The van der Waals surface area contributed by atoms with Crippen molar-refractivity contribution < 1.29 is 19.1 Å². The third-order valence-electron chi connectivity index (χ3n) is 4.22. The van der Waals surface area contributed by atoms with Crippen molar-refractivity contribution in [1.29, 1.82) is 0 Å². The monoisotopic (exact) mass is 410 g/mol. The summed E-state index contributed by atoms with van der Waals surface area (Å²) >= 11 is 1.37. The summed E-state index contributed by atoms with van der Waals surface area (Å²) in [7, 11) is 1.56. The molecular formula is C22H22N2O4S. The molecule has 3 rings (SSSR count). The molecule has 0 saturated carbocycles. The van der Waals surface area contributed by atoms with Crippen LogP contribution in [-0.4, -0.2) is 30.1 Å². The molecule has 6 nitrogen and oxygen atoms in total. The van der Waals surface area contributed by atoms with Gasteiger partial charge in [-0.1, -0.05) is 26.0 Å². The van der Waals surface area contributed by atoms with Gasteiger partial charge in [0.15, 0.2) is 0 Å². The van der Waals surface area contributed by atoms with Crippen LogP contribution in [0.3, 0.4) is 0 Å². The maximum atomic E-state index is 13.3. The zero-order valence-electron chi connectivity index (χ0n) is 16.7. The summed E-state index contributed by atoms with van der Waals surface area (Å²) in [6.45, 7) is 5.38. The average Bonchev–Trinajstić information content (AvgIpc) is 2.91. The largest absolute Gasteiger partial charge is 0.497 e. The van der Waals surface area contributed by atoms with E-state index >= 15 is 0 Å². The first-order valence-electron chi connectivity index (χ1n) is 9.13. The molecule has 150 valence electrons. The van der Waals surface area contributed by atoms with Crippen LogP contribution in [0, 0.1) is 0 Å². The van der Waals surface area contributed by atoms with E-state index in [1.54, 1.807) is 55.6 Å². The van der Waals surface area contributed by atoms with Crippen molar-refractivity contribution in [3.05, 3.63) is 59.0 Å². The second-order valence-corrected chi connectivity index (χ2v) is 8.36. The lowest BCUT2D eigenvalue weighted by Crippen LogP contribution is -2.31. The minimum absolute atomic E-state index is 0.131. The summed E-state index contributed by atoms with van der Waals surface area (Å²) in [5.74, 6) is -0.229. The number of ether oxygens (including phenoxy) is 1. The van der Waals surface area contributed by atoms with Crippen LogP contribution in [-0.2, 0) is 14.4 Å². The normalized spacial score (nSPS) is 14.0. The lowest BCUT2D eigenvalue weighted by Gasteiger charge is -2.16. The molecule has 2 aromatic carbocycles. The predicted molar refractivity (Wildman–Crippen MR) is 116 cm³/mol. The fourth-order valence-corrected chi connectivity index (χ4v) is 3.99. The highest BCUT2D eigenvalue weighted by Gasteiger charge is 2.40. The van der Waals surface area contributed by atoms with E-state index in [0.29, 0.717) is 33.2 Å². The molecule has 29 heavy (non-hydrogen) atoms. The van der Waals surface area contributed by atoms with E-state index in [4.69, 9.17) is 4.74 Å². The van der Waals surface area contributed by atoms with Crippen LogP contribution in [0.5, 0.6) is 5.75 Å². The maximum Gasteiger partial charge on any atom is 0.272 e. The van der Waals surface area contributed by atoms with E-state index in [9.17, 15) is 14.4 Å². The van der Waals surface area contributed by atoms with Crippen molar-refractivity contribution in [3.8, 4) is 5.75 Å². The summed E-state index contributed by atoms with van der Waals surface area (Å²) in [6, 6.07) is 13.7. The number of rotatable bonds is 6. The molecule has 0 spiro atoms. The van der Waals surface area contributed by atoms with Gasteiger partial charge < -0.3 is 10.1 Å². The van der Waals surface area contributed by atoms with E-state index in [-0.39, 0.29) is 23.0 Å². The van der Waals surface area contributed by atoms with Crippen LogP contribution >= 0.6 is 11.8 Å². The highest BCUT2D eigenvalue weighted by Crippen LogP contribution is 2.40. The number of imide groups is 1. The van der Waals surface area contributed by atoms with Gasteiger partial charge in [0.2, 0.25) is 5.91 Å². The van der Waals surface area contributed by atoms with Crippen LogP contribution in [0.15, 0.2) is 53.4 Å². The number of thioether (sulfide) groups is 1. The van der Waals surface area contributed by atoms with E-state index in [2.05, 4.69) is 5.32 Å². The number of nitrogens with zero attached hydrogens (tertiary/aromatic N) is 1. The molecule has 0 aromatic heterocycles. The number of hydrogen-bond donors (Lipinski definition) is 1. The Hall–Kier alpha value is -3.06. The third kappa shape index (κ3) is 4.35. The lowest BCUT2D eigenvalue weighted by atomic mass is 10.1. The fraction of sp³-hybridized carbons (Fsp3) is 0.227. The molecular weight excluding hydrogens is 388 g/mol. The summed E-state index contributed by atoms with van der Waals surface area (Å²) in [6.07, 6.45) is 0. The average molecular weight is 410 g/mol. The SMILES string of the molecule is COc1ccc(N2C(=O)C(SC(C)C)=C(c3ccc(NC(C)=O)cc3)C2=O)cc1. The van der Waals surface area contributed by atoms with Gasteiger partial charge in [-0.3, -0.25) is 14.4 Å². The zero-order valence-corrected chi connectivity index (χ0v) is 17.5. The molecule has 0 bridgehead atoms. The van der Waals surface area contributed by atoms with Gasteiger partial charge in [-0.25, -0.2) is 4.90 Å². The molecule has 7 heteroatoms. The molecule has 0 fully saturated rings. The topological polar surface area (TPSA) is 75.7 Å². The van der Waals surface area contributed by atoms with E-state index in [0.717, 1.165) is 0 Å². The number of benzene rings is 2. The Balaban J connectivity index is 2.01. The van der Waals surface area contributed by atoms with Gasteiger partial charge in [0.05, 0.1) is 23.3 Å². The molecule has 0 radical (unpaired) electrons. The molecule has 0 saturated heterocycles. The molecule has 0 atom stereocenters. The van der Waals surface area contributed by atoms with Gasteiger partial charge in [0.1, 0.15) is 5.75 Å². The zero-order chi connectivity index (χ0) is 21.1. The van der Waals surface area contributed by atoms with Crippen LogP contribution < -0.4 is 15.0 Å². The van der Waals surface area contributed by atoms with E-state index < -0.39 is 0 Å². The molecule has 2 aromatic rings. The smallest absolute Gasteiger partial charge is 0.272 e. The molecule has 1 aliphatic rings. The number of carbonyl (C=O) groups is 3.